The smallest absolute Gasteiger partial charge is 0.423 e. The van der Waals surface area contributed by atoms with Gasteiger partial charge in [-0.3, -0.25) is 4.79 Å². The van der Waals surface area contributed by atoms with Gasteiger partial charge in [0, 0.05) is 18.9 Å². The third-order valence-electron chi connectivity index (χ3n) is 3.20. The van der Waals surface area contributed by atoms with Crippen LogP contribution in [0.3, 0.4) is 0 Å². The number of benzene rings is 1. The first-order valence-corrected chi connectivity index (χ1v) is 7.98. The summed E-state index contributed by atoms with van der Waals surface area (Å²) < 4.78 is 34.0. The van der Waals surface area contributed by atoms with E-state index in [1.165, 1.54) is 23.1 Å². The Balaban J connectivity index is 2.26. The van der Waals surface area contributed by atoms with Crippen LogP contribution >= 0.6 is 11.6 Å². The molecule has 1 atom stereocenters. The van der Waals surface area contributed by atoms with Gasteiger partial charge in [0.15, 0.2) is 0 Å². The summed E-state index contributed by atoms with van der Waals surface area (Å²) >= 11 is 5.98. The summed E-state index contributed by atoms with van der Waals surface area (Å²) in [5.74, 6) is -1.78. The van der Waals surface area contributed by atoms with Gasteiger partial charge in [-0.1, -0.05) is 17.7 Å². The Morgan fingerprint density at radius 2 is 2.10 bits per heavy atom. The number of carbonyl (C=O) groups excluding carboxylic acids is 1. The van der Waals surface area contributed by atoms with Crippen LogP contribution in [0.5, 0.6) is 0 Å². The minimum Gasteiger partial charge on any atom is -0.423 e. The highest BCUT2D eigenvalue weighted by Gasteiger charge is 2.34. The molecule has 1 aromatic carbocycles. The lowest BCUT2D eigenvalue weighted by Gasteiger charge is -2.19. The molecule has 1 amide bonds. The molecule has 0 radical (unpaired) electrons. The van der Waals surface area contributed by atoms with Crippen molar-refractivity contribution in [3.05, 3.63) is 23.2 Å². The van der Waals surface area contributed by atoms with E-state index >= 15 is 0 Å². The number of carbonyl (C=O) groups is 1. The Labute approximate surface area is 126 Å². The van der Waals surface area contributed by atoms with Gasteiger partial charge in [-0.2, -0.15) is 8.42 Å². The molecule has 0 spiro atoms. The highest BCUT2D eigenvalue weighted by atomic mass is 35.5. The summed E-state index contributed by atoms with van der Waals surface area (Å²) in [7, 11) is -6.38. The van der Waals surface area contributed by atoms with Crippen LogP contribution in [-0.2, 0) is 15.0 Å². The number of nitrogens with zero attached hydrogens (tertiary/aromatic N) is 1. The zero-order valence-corrected chi connectivity index (χ0v) is 12.3. The molecular formula is C11H12BClFNO5S. The Morgan fingerprint density at radius 1 is 1.43 bits per heavy atom. The molecule has 21 heavy (non-hydrogen) atoms. The van der Waals surface area contributed by atoms with Crippen molar-refractivity contribution in [1.29, 1.82) is 0 Å². The molecule has 10 heteroatoms. The van der Waals surface area contributed by atoms with Crippen molar-refractivity contribution in [1.82, 2.24) is 0 Å². The van der Waals surface area contributed by atoms with Gasteiger partial charge in [0.25, 0.3) is 0 Å². The van der Waals surface area contributed by atoms with Crippen molar-refractivity contribution in [3.63, 3.8) is 0 Å². The zero-order chi connectivity index (χ0) is 15.8. The second-order valence-electron chi connectivity index (χ2n) is 4.86. The number of rotatable bonds is 4. The highest BCUT2D eigenvalue weighted by Crippen LogP contribution is 2.31. The first-order chi connectivity index (χ1) is 9.67. The van der Waals surface area contributed by atoms with E-state index in [2.05, 4.69) is 0 Å². The Kier molecular flexibility index (Phi) is 4.57. The second kappa shape index (κ2) is 5.92. The van der Waals surface area contributed by atoms with Gasteiger partial charge in [0.05, 0.1) is 16.5 Å². The molecule has 1 aromatic rings. The van der Waals surface area contributed by atoms with E-state index in [1.54, 1.807) is 0 Å². The van der Waals surface area contributed by atoms with E-state index in [1.807, 2.05) is 0 Å². The quantitative estimate of drug-likeness (QED) is 0.580. The van der Waals surface area contributed by atoms with Gasteiger partial charge in [-0.05, 0) is 17.6 Å². The number of anilines is 1. The Hall–Kier alpha value is -1.16. The van der Waals surface area contributed by atoms with Crippen LogP contribution in [0, 0.1) is 5.92 Å². The zero-order valence-electron chi connectivity index (χ0n) is 10.7. The second-order valence-corrected chi connectivity index (χ2v) is 6.68. The van der Waals surface area contributed by atoms with Crippen molar-refractivity contribution in [2.24, 2.45) is 5.92 Å². The minimum atomic E-state index is -4.66. The van der Waals surface area contributed by atoms with Crippen LogP contribution in [0.2, 0.25) is 5.02 Å². The van der Waals surface area contributed by atoms with Crippen LogP contribution in [0.15, 0.2) is 18.2 Å². The maximum atomic E-state index is 12.7. The molecule has 0 aromatic heterocycles. The van der Waals surface area contributed by atoms with Crippen molar-refractivity contribution in [2.45, 2.75) is 6.42 Å². The van der Waals surface area contributed by atoms with E-state index < -0.39 is 34.9 Å². The minimum absolute atomic E-state index is 0.00663. The molecule has 1 saturated heterocycles. The summed E-state index contributed by atoms with van der Waals surface area (Å²) in [6, 6.07) is 4.12. The maximum absolute atomic E-state index is 12.7. The van der Waals surface area contributed by atoms with Gasteiger partial charge in [-0.25, -0.2) is 0 Å². The molecule has 2 rings (SSSR count). The maximum Gasteiger partial charge on any atom is 0.488 e. The monoisotopic (exact) mass is 335 g/mol. The molecule has 1 fully saturated rings. The lowest BCUT2D eigenvalue weighted by molar-refractivity contribution is -0.117. The fourth-order valence-electron chi connectivity index (χ4n) is 2.30. The Morgan fingerprint density at radius 3 is 2.67 bits per heavy atom. The first kappa shape index (κ1) is 16.2. The average molecular weight is 336 g/mol. The van der Waals surface area contributed by atoms with Crippen molar-refractivity contribution < 1.29 is 27.1 Å². The first-order valence-electron chi connectivity index (χ1n) is 6.05. The number of hydrogen-bond donors (Lipinski definition) is 2. The SMILES string of the molecule is O=C1CC(CS(=O)(=O)F)CN1c1cc(B(O)O)ccc1Cl. The van der Waals surface area contributed by atoms with E-state index in [4.69, 9.17) is 21.6 Å². The predicted octanol–water partition coefficient (Wildman–Crippen LogP) is -0.328. The van der Waals surface area contributed by atoms with Crippen LogP contribution in [-0.4, -0.2) is 43.8 Å². The van der Waals surface area contributed by atoms with Crippen LogP contribution in [0.1, 0.15) is 6.42 Å². The average Bonchev–Trinajstić information content (AvgIpc) is 2.67. The number of amides is 1. The normalized spacial score (nSPS) is 19.1. The van der Waals surface area contributed by atoms with Crippen LogP contribution in [0.4, 0.5) is 9.57 Å². The lowest BCUT2D eigenvalue weighted by atomic mass is 9.80. The largest absolute Gasteiger partial charge is 0.488 e. The molecular weight excluding hydrogens is 323 g/mol. The van der Waals surface area contributed by atoms with Crippen molar-refractivity contribution >= 4 is 46.0 Å². The predicted molar refractivity (Wildman–Crippen MR) is 76.6 cm³/mol. The van der Waals surface area contributed by atoms with Gasteiger partial charge in [0.1, 0.15) is 0 Å². The third-order valence-corrected chi connectivity index (χ3v) is 4.39. The molecule has 0 bridgehead atoms. The third kappa shape index (κ3) is 3.94. The number of hydrogen-bond acceptors (Lipinski definition) is 5. The Bertz CT molecular complexity index is 669. The number of halogens is 2. The summed E-state index contributed by atoms with van der Waals surface area (Å²) in [6.45, 7) is 0.00663. The topological polar surface area (TPSA) is 94.9 Å². The molecule has 0 saturated carbocycles. The molecule has 2 N–H and O–H groups in total. The summed E-state index contributed by atoms with van der Waals surface area (Å²) in [4.78, 5) is 13.2. The summed E-state index contributed by atoms with van der Waals surface area (Å²) in [6.07, 6.45) is -0.106. The van der Waals surface area contributed by atoms with E-state index in [-0.39, 0.29) is 29.1 Å². The molecule has 1 unspecified atom stereocenters. The molecule has 1 aliphatic heterocycles. The van der Waals surface area contributed by atoms with Crippen LogP contribution < -0.4 is 10.4 Å². The molecule has 114 valence electrons. The molecule has 1 aliphatic rings. The van der Waals surface area contributed by atoms with E-state index in [0.717, 1.165) is 0 Å². The van der Waals surface area contributed by atoms with Crippen molar-refractivity contribution in [2.75, 3.05) is 17.2 Å². The standard InChI is InChI=1S/C11H12BClFNO5S/c13-9-2-1-8(12(17)18)4-10(9)15-5-7(3-11(15)16)6-21(14,19)20/h1-2,4,7,17-18H,3,5-6H2. The van der Waals surface area contributed by atoms with E-state index in [0.29, 0.717) is 0 Å². The summed E-state index contributed by atoms with van der Waals surface area (Å²) in [5, 5.41) is 18.5. The molecule has 1 heterocycles. The van der Waals surface area contributed by atoms with Gasteiger partial charge in [-0.15, -0.1) is 3.89 Å². The van der Waals surface area contributed by atoms with E-state index in [9.17, 15) is 17.1 Å². The van der Waals surface area contributed by atoms with Crippen molar-refractivity contribution in [3.8, 4) is 0 Å². The highest BCUT2D eigenvalue weighted by molar-refractivity contribution is 7.86. The summed E-state index contributed by atoms with van der Waals surface area (Å²) in [5.41, 5.74) is 0.384. The van der Waals surface area contributed by atoms with Gasteiger partial charge in [0.2, 0.25) is 5.91 Å². The fourth-order valence-corrected chi connectivity index (χ4v) is 3.31. The molecule has 0 aliphatic carbocycles. The van der Waals surface area contributed by atoms with Gasteiger partial charge < -0.3 is 14.9 Å². The molecule has 6 nitrogen and oxygen atoms in total. The lowest BCUT2D eigenvalue weighted by Crippen LogP contribution is -2.32. The van der Waals surface area contributed by atoms with Crippen LogP contribution in [0.25, 0.3) is 0 Å². The fraction of sp³-hybridized carbons (Fsp3) is 0.364. The van der Waals surface area contributed by atoms with Gasteiger partial charge >= 0.3 is 17.3 Å².